The van der Waals surface area contributed by atoms with E-state index in [1.165, 1.54) is 22.3 Å². The Morgan fingerprint density at radius 3 is 2.29 bits per heavy atom. The molecular formula is C47H47N3O6. The lowest BCUT2D eigenvalue weighted by Crippen LogP contribution is -2.58. The maximum atomic E-state index is 12.8. The van der Waals surface area contributed by atoms with Crippen molar-refractivity contribution in [1.29, 1.82) is 0 Å². The van der Waals surface area contributed by atoms with Crippen molar-refractivity contribution in [2.45, 2.75) is 37.8 Å². The van der Waals surface area contributed by atoms with Gasteiger partial charge in [-0.05, 0) is 83.1 Å². The third kappa shape index (κ3) is 6.07. The van der Waals surface area contributed by atoms with Crippen molar-refractivity contribution in [2.75, 3.05) is 51.9 Å². The number of nitrogens with zero attached hydrogens (tertiary/aromatic N) is 2. The Morgan fingerprint density at radius 2 is 1.59 bits per heavy atom. The van der Waals surface area contributed by atoms with Gasteiger partial charge in [-0.2, -0.15) is 0 Å². The van der Waals surface area contributed by atoms with E-state index in [-0.39, 0.29) is 12.0 Å². The number of esters is 1. The second-order valence-corrected chi connectivity index (χ2v) is 15.4. The van der Waals surface area contributed by atoms with E-state index >= 15 is 0 Å². The summed E-state index contributed by atoms with van der Waals surface area (Å²) in [6, 6.07) is 30.6. The largest absolute Gasteiger partial charge is 0.497 e. The first-order valence-corrected chi connectivity index (χ1v) is 19.0. The zero-order chi connectivity index (χ0) is 39.4. The molecule has 1 aliphatic carbocycles. The Bertz CT molecular complexity index is 2400. The molecule has 0 spiro atoms. The number of amides is 1. The van der Waals surface area contributed by atoms with Crippen LogP contribution in [0.1, 0.15) is 48.6 Å². The van der Waals surface area contributed by atoms with Crippen LogP contribution >= 0.6 is 0 Å². The second kappa shape index (κ2) is 14.2. The molecule has 1 amide bonds. The average molecular weight is 750 g/mol. The molecule has 286 valence electrons. The molecule has 0 bridgehead atoms. The molecule has 2 N–H and O–H groups in total. The minimum atomic E-state index is -0.973. The third-order valence-corrected chi connectivity index (χ3v) is 11.7. The topological polar surface area (TPSA) is 104 Å². The van der Waals surface area contributed by atoms with Gasteiger partial charge in [-0.25, -0.2) is 4.79 Å². The van der Waals surface area contributed by atoms with Crippen LogP contribution in [0.3, 0.4) is 0 Å². The summed E-state index contributed by atoms with van der Waals surface area (Å²) in [4.78, 5) is 28.9. The van der Waals surface area contributed by atoms with E-state index in [1.807, 2.05) is 42.5 Å². The fourth-order valence-electron chi connectivity index (χ4n) is 8.75. The van der Waals surface area contributed by atoms with E-state index in [2.05, 4.69) is 90.9 Å². The Hall–Kier alpha value is -6.06. The monoisotopic (exact) mass is 749 g/mol. The maximum absolute atomic E-state index is 12.8. The van der Waals surface area contributed by atoms with Crippen molar-refractivity contribution in [3.63, 3.8) is 0 Å². The molecule has 8 rings (SSSR count). The number of ether oxygens (including phenoxy) is 4. The van der Waals surface area contributed by atoms with Gasteiger partial charge in [-0.15, -0.1) is 0 Å². The lowest BCUT2D eigenvalue weighted by atomic mass is 9.76. The van der Waals surface area contributed by atoms with Gasteiger partial charge in [0, 0.05) is 64.9 Å². The van der Waals surface area contributed by atoms with E-state index in [9.17, 15) is 9.59 Å². The van der Waals surface area contributed by atoms with Crippen molar-refractivity contribution in [2.24, 2.45) is 5.73 Å². The van der Waals surface area contributed by atoms with Crippen LogP contribution < -0.4 is 24.8 Å². The van der Waals surface area contributed by atoms with Gasteiger partial charge in [0.25, 0.3) is 0 Å². The Labute approximate surface area is 327 Å². The number of anilines is 1. The first-order valence-electron chi connectivity index (χ1n) is 19.0. The number of carbonyl (C=O) groups excluding carboxylic acids is 2. The summed E-state index contributed by atoms with van der Waals surface area (Å²) in [5, 5.41) is 2.06. The van der Waals surface area contributed by atoms with Gasteiger partial charge in [-0.3, -0.25) is 9.69 Å². The van der Waals surface area contributed by atoms with Gasteiger partial charge in [0.05, 0.1) is 14.2 Å². The van der Waals surface area contributed by atoms with Crippen molar-refractivity contribution in [1.82, 2.24) is 4.90 Å². The van der Waals surface area contributed by atoms with Crippen LogP contribution in [0, 0.1) is 0 Å². The summed E-state index contributed by atoms with van der Waals surface area (Å²) >= 11 is 0. The van der Waals surface area contributed by atoms with Gasteiger partial charge in [-0.1, -0.05) is 75.0 Å². The van der Waals surface area contributed by atoms with Crippen molar-refractivity contribution in [3.8, 4) is 28.4 Å². The number of nitrogens with two attached hydrogens (primary N) is 1. The highest BCUT2D eigenvalue weighted by Crippen LogP contribution is 2.58. The molecule has 2 heterocycles. The number of hydrogen-bond donors (Lipinski definition) is 1. The van der Waals surface area contributed by atoms with E-state index in [0.29, 0.717) is 31.8 Å². The molecule has 2 atom stereocenters. The zero-order valence-electron chi connectivity index (χ0n) is 32.6. The van der Waals surface area contributed by atoms with Crippen molar-refractivity contribution in [3.05, 3.63) is 137 Å². The minimum Gasteiger partial charge on any atom is -0.497 e. The van der Waals surface area contributed by atoms with Gasteiger partial charge >= 0.3 is 5.97 Å². The molecule has 0 aromatic heterocycles. The fraction of sp³-hybridized carbons (Fsp3) is 0.277. The number of hydrogen-bond acceptors (Lipinski definition) is 8. The molecule has 2 unspecified atom stereocenters. The summed E-state index contributed by atoms with van der Waals surface area (Å²) in [6.07, 6.45) is 4.41. The summed E-state index contributed by atoms with van der Waals surface area (Å²) < 4.78 is 24.3. The van der Waals surface area contributed by atoms with Gasteiger partial charge in [0.15, 0.2) is 5.60 Å². The number of piperazine rings is 1. The molecule has 1 fully saturated rings. The molecule has 56 heavy (non-hydrogen) atoms. The van der Waals surface area contributed by atoms with E-state index in [4.69, 9.17) is 24.7 Å². The van der Waals surface area contributed by atoms with Crippen LogP contribution in [0.5, 0.6) is 17.2 Å². The Kier molecular flexibility index (Phi) is 9.37. The predicted octanol–water partition coefficient (Wildman–Crippen LogP) is 7.61. The van der Waals surface area contributed by atoms with Gasteiger partial charge in [0.1, 0.15) is 29.9 Å². The fourth-order valence-corrected chi connectivity index (χ4v) is 8.75. The number of carbonyl (C=O) groups is 2. The molecule has 9 nitrogen and oxygen atoms in total. The van der Waals surface area contributed by atoms with Crippen LogP contribution in [0.15, 0.2) is 109 Å². The number of methoxy groups -OCH3 is 2. The quantitative estimate of drug-likeness (QED) is 0.115. The first kappa shape index (κ1) is 36.9. The number of fused-ring (bicyclic) bond motifs is 8. The third-order valence-electron chi connectivity index (χ3n) is 11.7. The number of benzene rings is 5. The van der Waals surface area contributed by atoms with E-state index in [0.717, 1.165) is 50.4 Å². The average Bonchev–Trinajstić information content (AvgIpc) is 3.46. The highest BCUT2D eigenvalue weighted by molar-refractivity contribution is 6.09. The SMILES string of the molecule is C=C(C)C(=O)OCCN1CCN(c2ccc(C3(c4ccccc4)C=Cc4c5c(c6ccc(OC)cc6c4O3)-c3ccc(OC)cc3C5(C)C)cc2)C(C(N)=O)C1. The molecule has 5 aromatic rings. The summed E-state index contributed by atoms with van der Waals surface area (Å²) in [7, 11) is 3.39. The second-order valence-electron chi connectivity index (χ2n) is 15.4. The number of rotatable bonds is 10. The van der Waals surface area contributed by atoms with Crippen LogP contribution in [0.25, 0.3) is 28.0 Å². The van der Waals surface area contributed by atoms with Crippen LogP contribution in [-0.4, -0.2) is 69.8 Å². The smallest absolute Gasteiger partial charge is 0.333 e. The molecule has 1 saturated heterocycles. The van der Waals surface area contributed by atoms with Crippen LogP contribution in [-0.2, 0) is 25.3 Å². The van der Waals surface area contributed by atoms with E-state index in [1.54, 1.807) is 21.1 Å². The number of primary amides is 1. The van der Waals surface area contributed by atoms with Gasteiger partial charge < -0.3 is 29.6 Å². The summed E-state index contributed by atoms with van der Waals surface area (Å²) in [5.74, 6) is 1.54. The molecule has 3 aliphatic rings. The van der Waals surface area contributed by atoms with E-state index < -0.39 is 23.5 Å². The molecule has 0 saturated carbocycles. The standard InChI is InChI=1S/C47H47N3O6/c1-29(2)45(52)55-25-24-49-22-23-50(40(28-49)44(48)51)32-14-12-31(13-15-32)47(30-10-8-7-9-11-30)21-20-37-42-41(35-18-16-33(53-5)26-38(35)43(37)56-47)36-19-17-34(54-6)27-39(36)46(42,3)4/h7-21,26-27,40H,1,22-25,28H2,2-6H3,(H2,48,51). The Morgan fingerprint density at radius 1 is 0.893 bits per heavy atom. The molecule has 0 radical (unpaired) electrons. The molecule has 2 aliphatic heterocycles. The maximum Gasteiger partial charge on any atom is 0.333 e. The minimum absolute atomic E-state index is 0.216. The molecular weight excluding hydrogens is 703 g/mol. The normalized spacial score (nSPS) is 19.4. The van der Waals surface area contributed by atoms with Crippen LogP contribution in [0.4, 0.5) is 5.69 Å². The highest BCUT2D eigenvalue weighted by Gasteiger charge is 2.44. The lowest BCUT2D eigenvalue weighted by molar-refractivity contribution is -0.139. The Balaban J connectivity index is 1.19. The molecule has 9 heteroatoms. The lowest BCUT2D eigenvalue weighted by Gasteiger charge is -2.41. The molecule has 5 aromatic carbocycles. The predicted molar refractivity (Wildman–Crippen MR) is 220 cm³/mol. The first-order chi connectivity index (χ1) is 27.0. The highest BCUT2D eigenvalue weighted by atomic mass is 16.5. The summed E-state index contributed by atoms with van der Waals surface area (Å²) in [5.41, 5.74) is 13.7. The van der Waals surface area contributed by atoms with Gasteiger partial charge in [0.2, 0.25) is 5.91 Å². The van der Waals surface area contributed by atoms with Crippen LogP contribution in [0.2, 0.25) is 0 Å². The summed E-state index contributed by atoms with van der Waals surface area (Å²) in [6.45, 7) is 12.2. The van der Waals surface area contributed by atoms with Crippen molar-refractivity contribution >= 4 is 34.4 Å². The van der Waals surface area contributed by atoms with Crippen molar-refractivity contribution < 1.29 is 28.5 Å². The zero-order valence-corrected chi connectivity index (χ0v) is 32.6.